The number of benzene rings is 1. The molecule has 0 unspecified atom stereocenters. The third-order valence-electron chi connectivity index (χ3n) is 6.75. The van der Waals surface area contributed by atoms with Gasteiger partial charge in [0.1, 0.15) is 18.7 Å². The van der Waals surface area contributed by atoms with Crippen LogP contribution in [0.1, 0.15) is 47.6 Å². The molecule has 2 aromatic heterocycles. The van der Waals surface area contributed by atoms with Gasteiger partial charge in [-0.2, -0.15) is 0 Å². The Hall–Kier alpha value is -3.10. The highest BCUT2D eigenvalue weighted by Gasteiger charge is 2.45. The number of aromatic nitrogens is 2. The number of cyclic esters (lactones) is 1. The summed E-state index contributed by atoms with van der Waals surface area (Å²) in [5.41, 5.74) is 0.791. The Morgan fingerprint density at radius 1 is 1.33 bits per heavy atom. The Bertz CT molecular complexity index is 1450. The molecule has 2 aliphatic heterocycles. The van der Waals surface area contributed by atoms with Crippen LogP contribution >= 0.6 is 11.6 Å². The van der Waals surface area contributed by atoms with E-state index < -0.39 is 22.9 Å². The van der Waals surface area contributed by atoms with Gasteiger partial charge in [0.05, 0.1) is 34.0 Å². The number of aldehydes is 1. The van der Waals surface area contributed by atoms with Gasteiger partial charge < -0.3 is 19.2 Å². The second kappa shape index (κ2) is 7.46. The predicted molar refractivity (Wildman–Crippen MR) is 119 cm³/mol. The molecule has 4 heterocycles. The zero-order valence-electron chi connectivity index (χ0n) is 18.0. The lowest BCUT2D eigenvalue weighted by Crippen LogP contribution is -2.44. The van der Waals surface area contributed by atoms with Crippen molar-refractivity contribution in [1.82, 2.24) is 9.55 Å². The number of pyridine rings is 2. The van der Waals surface area contributed by atoms with Crippen molar-refractivity contribution in [3.63, 3.8) is 0 Å². The summed E-state index contributed by atoms with van der Waals surface area (Å²) in [7, 11) is 0. The van der Waals surface area contributed by atoms with Crippen LogP contribution in [0, 0.1) is 12.7 Å². The number of carbonyl (C=O) groups excluding carboxylic acids is 2. The van der Waals surface area contributed by atoms with Gasteiger partial charge in [0.15, 0.2) is 5.60 Å². The molecular formula is C24H20ClFN2O5. The zero-order chi connectivity index (χ0) is 23.7. The Labute approximate surface area is 192 Å². The van der Waals surface area contributed by atoms with Crippen molar-refractivity contribution in [2.75, 3.05) is 0 Å². The van der Waals surface area contributed by atoms with Gasteiger partial charge >= 0.3 is 5.97 Å². The first-order valence-electron chi connectivity index (χ1n) is 10.6. The van der Waals surface area contributed by atoms with E-state index in [1.165, 1.54) is 10.6 Å². The molecule has 0 spiro atoms. The molecule has 0 fully saturated rings. The van der Waals surface area contributed by atoms with Crippen LogP contribution in [-0.4, -0.2) is 26.9 Å². The molecular weight excluding hydrogens is 451 g/mol. The van der Waals surface area contributed by atoms with E-state index in [0.717, 1.165) is 6.29 Å². The first kappa shape index (κ1) is 21.7. The highest BCUT2D eigenvalue weighted by atomic mass is 35.5. The van der Waals surface area contributed by atoms with E-state index in [-0.39, 0.29) is 37.1 Å². The van der Waals surface area contributed by atoms with Crippen molar-refractivity contribution in [3.8, 4) is 11.4 Å². The van der Waals surface area contributed by atoms with E-state index in [4.69, 9.17) is 16.3 Å². The minimum Gasteiger partial charge on any atom is -0.458 e. The molecule has 5 rings (SSSR count). The van der Waals surface area contributed by atoms with Gasteiger partial charge in [0.25, 0.3) is 5.56 Å². The second-order valence-electron chi connectivity index (χ2n) is 8.42. The second-order valence-corrected chi connectivity index (χ2v) is 8.80. The lowest BCUT2D eigenvalue weighted by molar-refractivity contribution is -0.172. The highest BCUT2D eigenvalue weighted by Crippen LogP contribution is 2.43. The summed E-state index contributed by atoms with van der Waals surface area (Å²) < 4.78 is 21.2. The number of aliphatic hydroxyl groups is 1. The van der Waals surface area contributed by atoms with E-state index in [9.17, 15) is 23.9 Å². The number of aryl methyl sites for hydroxylation is 1. The molecule has 0 bridgehead atoms. The SMILES string of the molecule is CC[C@@]1(O)C(=O)OCc2c1cc1n(c2=O)Cc2c-1nc1cc(F)c(C)c(CCC=O)c1c2Cl. The summed E-state index contributed by atoms with van der Waals surface area (Å²) in [5.74, 6) is -1.27. The van der Waals surface area contributed by atoms with Crippen LogP contribution in [0.15, 0.2) is 16.9 Å². The fourth-order valence-corrected chi connectivity index (χ4v) is 5.21. The van der Waals surface area contributed by atoms with Gasteiger partial charge in [-0.25, -0.2) is 14.2 Å². The van der Waals surface area contributed by atoms with E-state index in [0.29, 0.717) is 50.4 Å². The van der Waals surface area contributed by atoms with E-state index in [1.54, 1.807) is 19.9 Å². The summed E-state index contributed by atoms with van der Waals surface area (Å²) in [4.78, 5) is 41.2. The highest BCUT2D eigenvalue weighted by molar-refractivity contribution is 6.37. The normalized spacial score (nSPS) is 18.6. The van der Waals surface area contributed by atoms with Crippen LogP contribution in [0.2, 0.25) is 5.02 Å². The average Bonchev–Trinajstić information content (AvgIpc) is 3.17. The van der Waals surface area contributed by atoms with Crippen LogP contribution in [0.4, 0.5) is 4.39 Å². The van der Waals surface area contributed by atoms with Gasteiger partial charge in [-0.1, -0.05) is 18.5 Å². The Kier molecular flexibility index (Phi) is 4.91. The summed E-state index contributed by atoms with van der Waals surface area (Å²) in [5, 5.41) is 11.9. The average molecular weight is 471 g/mol. The minimum absolute atomic E-state index is 0.0328. The summed E-state index contributed by atoms with van der Waals surface area (Å²) in [6.07, 6.45) is 1.32. The maximum Gasteiger partial charge on any atom is 0.343 e. The maximum absolute atomic E-state index is 14.7. The quantitative estimate of drug-likeness (QED) is 0.363. The summed E-state index contributed by atoms with van der Waals surface area (Å²) >= 11 is 6.81. The fourth-order valence-electron chi connectivity index (χ4n) is 4.85. The first-order chi connectivity index (χ1) is 15.7. The molecule has 170 valence electrons. The van der Waals surface area contributed by atoms with Gasteiger partial charge in [-0.15, -0.1) is 0 Å². The van der Waals surface area contributed by atoms with Gasteiger partial charge in [0.2, 0.25) is 0 Å². The molecule has 3 aromatic rings. The van der Waals surface area contributed by atoms with Crippen LogP contribution in [0.3, 0.4) is 0 Å². The smallest absolute Gasteiger partial charge is 0.343 e. The minimum atomic E-state index is -1.93. The first-order valence-corrected chi connectivity index (χ1v) is 11.0. The van der Waals surface area contributed by atoms with Crippen molar-refractivity contribution >= 4 is 34.8 Å². The molecule has 0 saturated carbocycles. The van der Waals surface area contributed by atoms with Crippen molar-refractivity contribution in [2.45, 2.75) is 51.9 Å². The third kappa shape index (κ3) is 2.90. The summed E-state index contributed by atoms with van der Waals surface area (Å²) in [6.45, 7) is 3.17. The van der Waals surface area contributed by atoms with Crippen molar-refractivity contribution < 1.29 is 23.8 Å². The molecule has 9 heteroatoms. The Morgan fingerprint density at radius 3 is 2.79 bits per heavy atom. The molecule has 7 nitrogen and oxygen atoms in total. The topological polar surface area (TPSA) is 98.5 Å². The fraction of sp³-hybridized carbons (Fsp3) is 0.333. The molecule has 0 aliphatic carbocycles. The number of nitrogens with zero attached hydrogens (tertiary/aromatic N) is 2. The van der Waals surface area contributed by atoms with Gasteiger partial charge in [-0.3, -0.25) is 4.79 Å². The Morgan fingerprint density at radius 2 is 2.09 bits per heavy atom. The van der Waals surface area contributed by atoms with Crippen LogP contribution < -0.4 is 5.56 Å². The van der Waals surface area contributed by atoms with Crippen molar-refractivity contribution in [1.29, 1.82) is 0 Å². The monoisotopic (exact) mass is 470 g/mol. The molecule has 33 heavy (non-hydrogen) atoms. The standard InChI is InChI=1S/C24H20ClFN2O5/c1-3-24(32)15-7-18-21-13(9-28(18)22(30)14(15)10-33-23(24)31)20(25)19-12(5-4-6-29)11(2)16(26)8-17(19)27-21/h6-8,32H,3-5,9-10H2,1-2H3/t24-/m0/s1. The molecule has 0 amide bonds. The maximum atomic E-state index is 14.7. The predicted octanol–water partition coefficient (Wildman–Crippen LogP) is 3.31. The van der Waals surface area contributed by atoms with Gasteiger partial charge in [0, 0.05) is 29.0 Å². The molecule has 1 aromatic carbocycles. The number of carbonyl (C=O) groups is 2. The number of fused-ring (bicyclic) bond motifs is 5. The van der Waals surface area contributed by atoms with Crippen LogP contribution in [-0.2, 0) is 39.5 Å². The number of hydrogen-bond acceptors (Lipinski definition) is 6. The number of halogens is 2. The van der Waals surface area contributed by atoms with Crippen molar-refractivity contribution in [2.24, 2.45) is 0 Å². The number of rotatable bonds is 4. The molecule has 1 atom stereocenters. The van der Waals surface area contributed by atoms with E-state index in [1.807, 2.05) is 0 Å². The number of hydrogen-bond donors (Lipinski definition) is 1. The van der Waals surface area contributed by atoms with Gasteiger partial charge in [-0.05, 0) is 37.0 Å². The summed E-state index contributed by atoms with van der Waals surface area (Å²) in [6, 6.07) is 2.87. The van der Waals surface area contributed by atoms with E-state index in [2.05, 4.69) is 4.98 Å². The van der Waals surface area contributed by atoms with Crippen LogP contribution in [0.5, 0.6) is 0 Å². The third-order valence-corrected chi connectivity index (χ3v) is 7.17. The molecule has 0 radical (unpaired) electrons. The number of esters is 1. The van der Waals surface area contributed by atoms with Crippen molar-refractivity contribution in [3.05, 3.63) is 61.1 Å². The van der Waals surface area contributed by atoms with Crippen LogP contribution in [0.25, 0.3) is 22.3 Å². The number of ether oxygens (including phenoxy) is 1. The Balaban J connectivity index is 1.81. The largest absolute Gasteiger partial charge is 0.458 e. The lowest BCUT2D eigenvalue weighted by Gasteiger charge is -2.31. The zero-order valence-corrected chi connectivity index (χ0v) is 18.8. The van der Waals surface area contributed by atoms with E-state index >= 15 is 0 Å². The molecule has 2 aliphatic rings. The molecule has 0 saturated heterocycles. The molecule has 1 N–H and O–H groups in total. The lowest BCUT2D eigenvalue weighted by atomic mass is 9.86.